The lowest BCUT2D eigenvalue weighted by atomic mass is 10.0. The number of hydrogen-bond donors (Lipinski definition) is 2. The van der Waals surface area contributed by atoms with Gasteiger partial charge in [0, 0.05) is 19.0 Å². The molecule has 5 nitrogen and oxygen atoms in total. The Hall–Kier alpha value is -2.04. The van der Waals surface area contributed by atoms with Gasteiger partial charge >= 0.3 is 0 Å². The minimum Gasteiger partial charge on any atom is -0.493 e. The van der Waals surface area contributed by atoms with Crippen LogP contribution < -0.4 is 15.4 Å². The molecule has 1 aromatic rings. The van der Waals surface area contributed by atoms with E-state index in [9.17, 15) is 9.59 Å². The highest BCUT2D eigenvalue weighted by atomic mass is 16.5. The van der Waals surface area contributed by atoms with Crippen molar-refractivity contribution < 1.29 is 14.3 Å². The highest BCUT2D eigenvalue weighted by Crippen LogP contribution is 2.33. The van der Waals surface area contributed by atoms with Gasteiger partial charge < -0.3 is 15.4 Å². The SMILES string of the molecule is CC(=O)N[C@@H]1C[C@H](COc2ccccc2)C[C@H]1C(=O)NC1CCCC1. The molecule has 3 rings (SSSR count). The number of carbonyl (C=O) groups excluding carboxylic acids is 2. The first-order chi connectivity index (χ1) is 12.1. The first-order valence-electron chi connectivity index (χ1n) is 9.37. The Morgan fingerprint density at radius 1 is 1.08 bits per heavy atom. The standard InChI is InChI=1S/C20H28N2O3/c1-14(23)21-19-12-15(13-25-17-9-3-2-4-10-17)11-18(19)20(24)22-16-7-5-6-8-16/h2-4,9-10,15-16,18-19H,5-8,11-13H2,1H3,(H,21,23)(H,22,24)/t15-,18-,19-/m1/s1. The van der Waals surface area contributed by atoms with Crippen LogP contribution in [0.3, 0.4) is 0 Å². The normalized spacial score (nSPS) is 26.4. The quantitative estimate of drug-likeness (QED) is 0.834. The van der Waals surface area contributed by atoms with Crippen LogP contribution in [0.4, 0.5) is 0 Å². The Kier molecular flexibility index (Phi) is 5.95. The van der Waals surface area contributed by atoms with E-state index in [0.29, 0.717) is 12.6 Å². The monoisotopic (exact) mass is 344 g/mol. The van der Waals surface area contributed by atoms with Crippen molar-refractivity contribution in [3.63, 3.8) is 0 Å². The molecule has 136 valence electrons. The zero-order valence-corrected chi connectivity index (χ0v) is 14.9. The Bertz CT molecular complexity index is 584. The van der Waals surface area contributed by atoms with Gasteiger partial charge in [-0.1, -0.05) is 31.0 Å². The van der Waals surface area contributed by atoms with Crippen molar-refractivity contribution in [3.05, 3.63) is 30.3 Å². The van der Waals surface area contributed by atoms with Crippen molar-refractivity contribution in [1.82, 2.24) is 10.6 Å². The molecule has 1 aromatic carbocycles. The molecule has 2 saturated carbocycles. The van der Waals surface area contributed by atoms with Gasteiger partial charge in [-0.05, 0) is 43.7 Å². The lowest BCUT2D eigenvalue weighted by Gasteiger charge is -2.21. The lowest BCUT2D eigenvalue weighted by molar-refractivity contribution is -0.126. The van der Waals surface area contributed by atoms with Gasteiger partial charge in [-0.15, -0.1) is 0 Å². The van der Waals surface area contributed by atoms with Crippen LogP contribution in [0.1, 0.15) is 45.4 Å². The number of benzene rings is 1. The third kappa shape index (κ3) is 4.97. The molecule has 2 aliphatic carbocycles. The van der Waals surface area contributed by atoms with Crippen LogP contribution >= 0.6 is 0 Å². The predicted octanol–water partition coefficient (Wildman–Crippen LogP) is 2.66. The van der Waals surface area contributed by atoms with E-state index in [2.05, 4.69) is 10.6 Å². The van der Waals surface area contributed by atoms with Crippen LogP contribution in [0, 0.1) is 11.8 Å². The number of ether oxygens (including phenoxy) is 1. The molecular weight excluding hydrogens is 316 g/mol. The number of nitrogens with one attached hydrogen (secondary N) is 2. The third-order valence-corrected chi connectivity index (χ3v) is 5.32. The van der Waals surface area contributed by atoms with Crippen molar-refractivity contribution >= 4 is 11.8 Å². The predicted molar refractivity (Wildman–Crippen MR) is 96.2 cm³/mol. The first kappa shape index (κ1) is 17.8. The summed E-state index contributed by atoms with van der Waals surface area (Å²) in [4.78, 5) is 24.2. The molecule has 0 aromatic heterocycles. The van der Waals surface area contributed by atoms with Gasteiger partial charge in [0.25, 0.3) is 0 Å². The van der Waals surface area contributed by atoms with Gasteiger partial charge in [0.1, 0.15) is 5.75 Å². The zero-order valence-electron chi connectivity index (χ0n) is 14.9. The fourth-order valence-corrected chi connectivity index (χ4v) is 4.10. The van der Waals surface area contributed by atoms with E-state index < -0.39 is 0 Å². The summed E-state index contributed by atoms with van der Waals surface area (Å²) in [6, 6.07) is 9.94. The largest absolute Gasteiger partial charge is 0.493 e. The molecular formula is C20H28N2O3. The van der Waals surface area contributed by atoms with E-state index in [4.69, 9.17) is 4.74 Å². The number of rotatable bonds is 6. The number of carbonyl (C=O) groups is 2. The van der Waals surface area contributed by atoms with Crippen LogP contribution in [-0.4, -0.2) is 30.5 Å². The molecule has 2 aliphatic rings. The Balaban J connectivity index is 1.57. The highest BCUT2D eigenvalue weighted by molar-refractivity contribution is 5.81. The van der Waals surface area contributed by atoms with Gasteiger partial charge in [0.15, 0.2) is 0 Å². The van der Waals surface area contributed by atoms with Crippen LogP contribution in [-0.2, 0) is 9.59 Å². The van der Waals surface area contributed by atoms with E-state index in [1.165, 1.54) is 19.8 Å². The molecule has 3 atom stereocenters. The average molecular weight is 344 g/mol. The van der Waals surface area contributed by atoms with Crippen LogP contribution in [0.25, 0.3) is 0 Å². The smallest absolute Gasteiger partial charge is 0.225 e. The maximum Gasteiger partial charge on any atom is 0.225 e. The van der Waals surface area contributed by atoms with E-state index in [0.717, 1.165) is 31.4 Å². The lowest BCUT2D eigenvalue weighted by Crippen LogP contribution is -2.45. The van der Waals surface area contributed by atoms with Crippen molar-refractivity contribution in [3.8, 4) is 5.75 Å². The molecule has 0 unspecified atom stereocenters. The molecule has 0 spiro atoms. The average Bonchev–Trinajstić information content (AvgIpc) is 3.23. The van der Waals surface area contributed by atoms with Crippen LogP contribution in [0.2, 0.25) is 0 Å². The number of hydrogen-bond acceptors (Lipinski definition) is 3. The summed E-state index contributed by atoms with van der Waals surface area (Å²) in [6.07, 6.45) is 6.08. The summed E-state index contributed by atoms with van der Waals surface area (Å²) in [7, 11) is 0. The van der Waals surface area contributed by atoms with Crippen LogP contribution in [0.5, 0.6) is 5.75 Å². The molecule has 0 bridgehead atoms. The topological polar surface area (TPSA) is 67.4 Å². The Morgan fingerprint density at radius 3 is 2.48 bits per heavy atom. The third-order valence-electron chi connectivity index (χ3n) is 5.32. The minimum atomic E-state index is -0.158. The second kappa shape index (κ2) is 8.37. The molecule has 0 aliphatic heterocycles. The molecule has 2 amide bonds. The van der Waals surface area contributed by atoms with E-state index in [-0.39, 0.29) is 29.7 Å². The minimum absolute atomic E-state index is 0.0757. The molecule has 2 fully saturated rings. The zero-order chi connectivity index (χ0) is 17.6. The Labute approximate surface area is 149 Å². The summed E-state index contributed by atoms with van der Waals surface area (Å²) >= 11 is 0. The van der Waals surface area contributed by atoms with Crippen molar-refractivity contribution in [1.29, 1.82) is 0 Å². The molecule has 5 heteroatoms. The van der Waals surface area contributed by atoms with E-state index in [1.807, 2.05) is 30.3 Å². The summed E-state index contributed by atoms with van der Waals surface area (Å²) < 4.78 is 5.86. The fraction of sp³-hybridized carbons (Fsp3) is 0.600. The summed E-state index contributed by atoms with van der Waals surface area (Å²) in [5.41, 5.74) is 0. The van der Waals surface area contributed by atoms with Gasteiger partial charge in [0.05, 0.1) is 12.5 Å². The summed E-state index contributed by atoms with van der Waals surface area (Å²) in [5, 5.41) is 6.16. The molecule has 0 radical (unpaired) electrons. The van der Waals surface area contributed by atoms with Gasteiger partial charge in [-0.25, -0.2) is 0 Å². The Morgan fingerprint density at radius 2 is 1.80 bits per heavy atom. The molecule has 2 N–H and O–H groups in total. The maximum atomic E-state index is 12.7. The molecule has 25 heavy (non-hydrogen) atoms. The van der Waals surface area contributed by atoms with Gasteiger partial charge in [-0.2, -0.15) is 0 Å². The first-order valence-corrected chi connectivity index (χ1v) is 9.37. The highest BCUT2D eigenvalue weighted by Gasteiger charge is 2.40. The second-order valence-electron chi connectivity index (χ2n) is 7.36. The van der Waals surface area contributed by atoms with Crippen molar-refractivity contribution in [2.75, 3.05) is 6.61 Å². The maximum absolute atomic E-state index is 12.7. The van der Waals surface area contributed by atoms with Crippen molar-refractivity contribution in [2.45, 2.75) is 57.5 Å². The van der Waals surface area contributed by atoms with E-state index in [1.54, 1.807) is 0 Å². The van der Waals surface area contributed by atoms with E-state index >= 15 is 0 Å². The summed E-state index contributed by atoms with van der Waals surface area (Å²) in [6.45, 7) is 2.09. The number of para-hydroxylation sites is 1. The van der Waals surface area contributed by atoms with Crippen LogP contribution in [0.15, 0.2) is 30.3 Å². The van der Waals surface area contributed by atoms with Gasteiger partial charge in [0.2, 0.25) is 11.8 Å². The molecule has 0 heterocycles. The molecule has 0 saturated heterocycles. The van der Waals surface area contributed by atoms with Gasteiger partial charge in [-0.3, -0.25) is 9.59 Å². The summed E-state index contributed by atoms with van der Waals surface area (Å²) in [5.74, 6) is 0.976. The number of amides is 2. The second-order valence-corrected chi connectivity index (χ2v) is 7.36. The van der Waals surface area contributed by atoms with Crippen molar-refractivity contribution in [2.24, 2.45) is 11.8 Å². The fourth-order valence-electron chi connectivity index (χ4n) is 4.10.